The zero-order valence-corrected chi connectivity index (χ0v) is 8.41. The van der Waals surface area contributed by atoms with Crippen molar-refractivity contribution in [3.8, 4) is 0 Å². The summed E-state index contributed by atoms with van der Waals surface area (Å²) in [6.45, 7) is 0. The highest BCUT2D eigenvalue weighted by Gasteiger charge is 2.33. The maximum absolute atomic E-state index is 11.9. The second-order valence-electron chi connectivity index (χ2n) is 3.01. The van der Waals surface area contributed by atoms with Gasteiger partial charge in [0, 0.05) is 7.11 Å². The number of nitrogens with one attached hydrogen (secondary N) is 1. The van der Waals surface area contributed by atoms with Crippen LogP contribution in [0.2, 0.25) is 0 Å². The first-order valence-electron chi connectivity index (χ1n) is 4.40. The summed E-state index contributed by atoms with van der Waals surface area (Å²) in [4.78, 5) is 11.2. The van der Waals surface area contributed by atoms with Crippen LogP contribution in [0.25, 0.3) is 0 Å². The highest BCUT2D eigenvalue weighted by atomic mass is 19.4. The molecule has 0 aliphatic heterocycles. The number of benzene rings is 1. The molecular weight excluding hydrogens is 223 g/mol. The average molecular weight is 233 g/mol. The fourth-order valence-electron chi connectivity index (χ4n) is 1.23. The molecule has 0 aliphatic carbocycles. The Hall–Kier alpha value is -1.56. The van der Waals surface area contributed by atoms with Crippen LogP contribution in [0, 0.1) is 0 Å². The molecule has 1 rings (SSSR count). The highest BCUT2D eigenvalue weighted by Crippen LogP contribution is 2.19. The Morgan fingerprint density at radius 2 is 1.88 bits per heavy atom. The van der Waals surface area contributed by atoms with Gasteiger partial charge in [-0.2, -0.15) is 13.2 Å². The third kappa shape index (κ3) is 3.54. The maximum atomic E-state index is 11.9. The zero-order chi connectivity index (χ0) is 12.2. The van der Waals surface area contributed by atoms with Crippen LogP contribution in [-0.4, -0.2) is 19.3 Å². The summed E-state index contributed by atoms with van der Waals surface area (Å²) >= 11 is 0. The van der Waals surface area contributed by atoms with Crippen molar-refractivity contribution in [1.29, 1.82) is 0 Å². The Balaban J connectivity index is 2.80. The van der Waals surface area contributed by atoms with Crippen molar-refractivity contribution < 1.29 is 22.7 Å². The van der Waals surface area contributed by atoms with Crippen LogP contribution in [0.4, 0.5) is 13.2 Å². The predicted octanol–water partition coefficient (Wildman–Crippen LogP) is 2.01. The Morgan fingerprint density at radius 1 is 1.31 bits per heavy atom. The van der Waals surface area contributed by atoms with Gasteiger partial charge in [0.2, 0.25) is 0 Å². The van der Waals surface area contributed by atoms with Crippen molar-refractivity contribution in [3.63, 3.8) is 0 Å². The predicted molar refractivity (Wildman–Crippen MR) is 50.4 cm³/mol. The molecule has 6 heteroatoms. The van der Waals surface area contributed by atoms with Gasteiger partial charge >= 0.3 is 6.30 Å². The van der Waals surface area contributed by atoms with E-state index in [1.807, 2.05) is 0 Å². The van der Waals surface area contributed by atoms with Gasteiger partial charge in [-0.25, -0.2) is 0 Å². The van der Waals surface area contributed by atoms with Gasteiger partial charge in [0.25, 0.3) is 5.91 Å². The molecule has 0 unspecified atom stereocenters. The summed E-state index contributed by atoms with van der Waals surface area (Å²) in [6.07, 6.45) is -6.01. The third-order valence-electron chi connectivity index (χ3n) is 1.84. The fraction of sp³-hybridized carbons (Fsp3) is 0.300. The van der Waals surface area contributed by atoms with Gasteiger partial charge < -0.3 is 4.74 Å². The van der Waals surface area contributed by atoms with Crippen molar-refractivity contribution >= 4 is 5.91 Å². The maximum Gasteiger partial charge on any atom is 0.484 e. The molecule has 0 spiro atoms. The molecular formula is C10H10F3NO2. The average Bonchev–Trinajstić information content (AvgIpc) is 2.17. The lowest BCUT2D eigenvalue weighted by Gasteiger charge is -2.16. The minimum atomic E-state index is -4.75. The third-order valence-corrected chi connectivity index (χ3v) is 1.84. The monoisotopic (exact) mass is 233 g/mol. The lowest BCUT2D eigenvalue weighted by molar-refractivity contribution is -0.175. The number of amides is 1. The molecule has 1 atom stereocenters. The summed E-state index contributed by atoms with van der Waals surface area (Å²) in [5, 5.41) is 0.905. The van der Waals surface area contributed by atoms with Crippen molar-refractivity contribution in [2.24, 2.45) is 0 Å². The Kier molecular flexibility index (Phi) is 3.89. The highest BCUT2D eigenvalue weighted by molar-refractivity contribution is 5.82. The number of carbonyl (C=O) groups excluding carboxylic acids is 1. The molecule has 3 nitrogen and oxygen atoms in total. The molecule has 1 amide bonds. The smallest absolute Gasteiger partial charge is 0.367 e. The topological polar surface area (TPSA) is 38.3 Å². The largest absolute Gasteiger partial charge is 0.484 e. The van der Waals surface area contributed by atoms with Crippen LogP contribution in [0.5, 0.6) is 0 Å². The SMILES string of the molecule is CO[C@H](C(=O)NC(F)(F)F)c1ccccc1. The van der Waals surface area contributed by atoms with Crippen molar-refractivity contribution in [2.75, 3.05) is 7.11 Å². The van der Waals surface area contributed by atoms with Crippen LogP contribution in [0.3, 0.4) is 0 Å². The summed E-state index contributed by atoms with van der Waals surface area (Å²) in [5.41, 5.74) is 0.367. The number of rotatable bonds is 3. The summed E-state index contributed by atoms with van der Waals surface area (Å²) < 4.78 is 40.5. The van der Waals surface area contributed by atoms with Gasteiger partial charge in [-0.3, -0.25) is 10.1 Å². The van der Waals surface area contributed by atoms with E-state index in [-0.39, 0.29) is 0 Å². The normalized spacial score (nSPS) is 13.2. The van der Waals surface area contributed by atoms with Crippen molar-refractivity contribution in [3.05, 3.63) is 35.9 Å². The van der Waals surface area contributed by atoms with Gasteiger partial charge in [0.1, 0.15) is 0 Å². The Morgan fingerprint density at radius 3 is 2.31 bits per heavy atom. The van der Waals surface area contributed by atoms with E-state index < -0.39 is 18.3 Å². The number of ether oxygens (including phenoxy) is 1. The number of hydrogen-bond donors (Lipinski definition) is 1. The quantitative estimate of drug-likeness (QED) is 0.811. The molecule has 0 bridgehead atoms. The Labute approximate surface area is 90.2 Å². The lowest BCUT2D eigenvalue weighted by Crippen LogP contribution is -2.40. The van der Waals surface area contributed by atoms with Gasteiger partial charge in [-0.05, 0) is 5.56 Å². The standard InChI is InChI=1S/C10H10F3NO2/c1-16-8(7-5-3-2-4-6-7)9(15)14-10(11,12)13/h2-6,8H,1H3,(H,14,15)/t8-/m0/s1. The molecule has 0 aliphatic rings. The second-order valence-corrected chi connectivity index (χ2v) is 3.01. The van der Waals surface area contributed by atoms with Gasteiger partial charge in [0.15, 0.2) is 6.10 Å². The number of carbonyl (C=O) groups is 1. The molecule has 0 radical (unpaired) electrons. The molecule has 0 fully saturated rings. The van der Waals surface area contributed by atoms with E-state index in [4.69, 9.17) is 4.74 Å². The molecule has 88 valence electrons. The van der Waals surface area contributed by atoms with Crippen molar-refractivity contribution in [1.82, 2.24) is 5.32 Å². The van der Waals surface area contributed by atoms with Crippen LogP contribution in [-0.2, 0) is 9.53 Å². The van der Waals surface area contributed by atoms with Crippen LogP contribution in [0.1, 0.15) is 11.7 Å². The molecule has 1 aromatic carbocycles. The molecule has 0 saturated carbocycles. The molecule has 1 N–H and O–H groups in total. The first-order valence-corrected chi connectivity index (χ1v) is 4.40. The lowest BCUT2D eigenvalue weighted by atomic mass is 10.1. The molecule has 1 aromatic rings. The minimum Gasteiger partial charge on any atom is -0.367 e. The second kappa shape index (κ2) is 4.98. The molecule has 0 saturated heterocycles. The number of halogens is 3. The zero-order valence-electron chi connectivity index (χ0n) is 8.41. The first kappa shape index (κ1) is 12.5. The van der Waals surface area contributed by atoms with Gasteiger partial charge in [-0.15, -0.1) is 0 Å². The van der Waals surface area contributed by atoms with E-state index in [9.17, 15) is 18.0 Å². The number of hydrogen-bond acceptors (Lipinski definition) is 2. The van der Waals surface area contributed by atoms with E-state index in [2.05, 4.69) is 0 Å². The van der Waals surface area contributed by atoms with Crippen LogP contribution >= 0.6 is 0 Å². The van der Waals surface area contributed by atoms with Crippen LogP contribution < -0.4 is 5.32 Å². The fourth-order valence-corrected chi connectivity index (χ4v) is 1.23. The van der Waals surface area contributed by atoms with E-state index in [1.54, 1.807) is 18.2 Å². The van der Waals surface area contributed by atoms with E-state index in [0.29, 0.717) is 5.56 Å². The molecule has 0 heterocycles. The molecule has 16 heavy (non-hydrogen) atoms. The summed E-state index contributed by atoms with van der Waals surface area (Å²) in [7, 11) is 1.17. The molecule has 0 aromatic heterocycles. The number of alkyl halides is 3. The Bertz CT molecular complexity index is 351. The number of methoxy groups -OCH3 is 1. The van der Waals surface area contributed by atoms with Gasteiger partial charge in [0.05, 0.1) is 0 Å². The summed E-state index contributed by atoms with van der Waals surface area (Å²) in [5.74, 6) is -1.24. The van der Waals surface area contributed by atoms with Crippen LogP contribution in [0.15, 0.2) is 30.3 Å². The van der Waals surface area contributed by atoms with Gasteiger partial charge in [-0.1, -0.05) is 30.3 Å². The van der Waals surface area contributed by atoms with Crippen molar-refractivity contribution in [2.45, 2.75) is 12.4 Å². The van der Waals surface area contributed by atoms with E-state index in [0.717, 1.165) is 5.32 Å². The summed E-state index contributed by atoms with van der Waals surface area (Å²) in [6, 6.07) is 7.95. The van der Waals surface area contributed by atoms with E-state index >= 15 is 0 Å². The first-order chi connectivity index (χ1) is 7.44. The minimum absolute atomic E-state index is 0.367. The van der Waals surface area contributed by atoms with E-state index in [1.165, 1.54) is 19.2 Å².